The Morgan fingerprint density at radius 1 is 0.741 bits per heavy atom. The maximum Gasteiger partial charge on any atom is 0.0190 e. The molecule has 0 spiro atoms. The third kappa shape index (κ3) is 3.95. The van der Waals surface area contributed by atoms with Crippen molar-refractivity contribution < 1.29 is 0 Å². The molecule has 0 saturated carbocycles. The number of allylic oxidation sites excluding steroid dienone is 4. The summed E-state index contributed by atoms with van der Waals surface area (Å²) in [6, 6.07) is 28.8. The van der Waals surface area contributed by atoms with Crippen molar-refractivity contribution in [3.8, 4) is 0 Å². The Labute approximate surface area is 162 Å². The predicted octanol–water partition coefficient (Wildman–Crippen LogP) is 6.79. The third-order valence-corrected chi connectivity index (χ3v) is 5.47. The van der Waals surface area contributed by atoms with E-state index in [2.05, 4.69) is 111 Å². The Hall–Kier alpha value is -2.86. The van der Waals surface area contributed by atoms with Crippen LogP contribution >= 0.6 is 0 Å². The third-order valence-electron chi connectivity index (χ3n) is 5.47. The van der Waals surface area contributed by atoms with Crippen molar-refractivity contribution in [2.75, 3.05) is 0 Å². The highest BCUT2D eigenvalue weighted by Gasteiger charge is 2.28. The standard InChI is InChI=1S/C27H26/c1-20-9-6-14-24(17-20)27(25-15-7-10-21(2)18-25)26-16-8-13-23(26)19-22-11-4-3-5-12-22/h3-18,26-27H,19H2,1-2H3. The molecule has 1 aliphatic rings. The topological polar surface area (TPSA) is 0 Å². The van der Waals surface area contributed by atoms with Crippen molar-refractivity contribution in [3.63, 3.8) is 0 Å². The molecule has 1 aliphatic carbocycles. The fourth-order valence-corrected chi connectivity index (χ4v) is 4.20. The highest BCUT2D eigenvalue weighted by molar-refractivity contribution is 5.44. The van der Waals surface area contributed by atoms with E-state index in [1.165, 1.54) is 33.4 Å². The number of hydrogen-bond donors (Lipinski definition) is 0. The van der Waals surface area contributed by atoms with Gasteiger partial charge in [-0.15, -0.1) is 0 Å². The van der Waals surface area contributed by atoms with Gasteiger partial charge in [0.15, 0.2) is 0 Å². The van der Waals surface area contributed by atoms with Gasteiger partial charge in [-0.2, -0.15) is 0 Å². The second kappa shape index (κ2) is 7.80. The number of hydrogen-bond acceptors (Lipinski definition) is 0. The lowest BCUT2D eigenvalue weighted by Crippen LogP contribution is -2.15. The second-order valence-corrected chi connectivity index (χ2v) is 7.62. The van der Waals surface area contributed by atoms with Crippen LogP contribution in [0.1, 0.15) is 33.7 Å². The summed E-state index contributed by atoms with van der Waals surface area (Å²) >= 11 is 0. The Kier molecular flexibility index (Phi) is 5.07. The molecular formula is C27H26. The minimum absolute atomic E-state index is 0.346. The van der Waals surface area contributed by atoms with Gasteiger partial charge < -0.3 is 0 Å². The number of benzene rings is 3. The molecule has 0 N–H and O–H groups in total. The SMILES string of the molecule is Cc1cccc(C(c2cccc(C)c2)C2C=CC=C2Cc2ccccc2)c1. The van der Waals surface area contributed by atoms with Crippen LogP contribution in [0, 0.1) is 19.8 Å². The van der Waals surface area contributed by atoms with Crippen LogP contribution in [0.5, 0.6) is 0 Å². The van der Waals surface area contributed by atoms with Gasteiger partial charge in [0.2, 0.25) is 0 Å². The summed E-state index contributed by atoms with van der Waals surface area (Å²) in [5.74, 6) is 0.743. The van der Waals surface area contributed by atoms with Crippen molar-refractivity contribution in [2.24, 2.45) is 5.92 Å². The van der Waals surface area contributed by atoms with Crippen molar-refractivity contribution in [2.45, 2.75) is 26.2 Å². The largest absolute Gasteiger partial charge is 0.0764 e. The average Bonchev–Trinajstić information content (AvgIpc) is 3.11. The monoisotopic (exact) mass is 350 g/mol. The molecule has 3 aromatic carbocycles. The van der Waals surface area contributed by atoms with Crippen LogP contribution in [-0.2, 0) is 6.42 Å². The van der Waals surface area contributed by atoms with Crippen molar-refractivity contribution in [1.82, 2.24) is 0 Å². The van der Waals surface area contributed by atoms with E-state index in [0.29, 0.717) is 11.8 Å². The summed E-state index contributed by atoms with van der Waals surface area (Å²) in [4.78, 5) is 0. The molecule has 0 radical (unpaired) electrons. The first-order valence-corrected chi connectivity index (χ1v) is 9.75. The summed E-state index contributed by atoms with van der Waals surface area (Å²) in [6.45, 7) is 4.37. The van der Waals surface area contributed by atoms with Crippen molar-refractivity contribution in [3.05, 3.63) is 130 Å². The van der Waals surface area contributed by atoms with Gasteiger partial charge in [0, 0.05) is 11.8 Å². The van der Waals surface area contributed by atoms with Gasteiger partial charge in [0.1, 0.15) is 0 Å². The summed E-state index contributed by atoms with van der Waals surface area (Å²) in [5.41, 5.74) is 8.31. The maximum absolute atomic E-state index is 2.38. The normalized spacial score (nSPS) is 16.0. The number of rotatable bonds is 5. The lowest BCUT2D eigenvalue weighted by molar-refractivity contribution is 0.644. The molecule has 27 heavy (non-hydrogen) atoms. The molecule has 1 atom stereocenters. The van der Waals surface area contributed by atoms with Crippen LogP contribution in [0.15, 0.2) is 103 Å². The molecular weight excluding hydrogens is 324 g/mol. The zero-order chi connectivity index (χ0) is 18.6. The van der Waals surface area contributed by atoms with Gasteiger partial charge in [-0.25, -0.2) is 0 Å². The summed E-state index contributed by atoms with van der Waals surface area (Å²) < 4.78 is 0. The first-order valence-electron chi connectivity index (χ1n) is 9.75. The second-order valence-electron chi connectivity index (χ2n) is 7.62. The van der Waals surface area contributed by atoms with E-state index in [0.717, 1.165) is 6.42 Å². The molecule has 0 amide bonds. The van der Waals surface area contributed by atoms with Gasteiger partial charge in [-0.05, 0) is 37.0 Å². The van der Waals surface area contributed by atoms with E-state index < -0.39 is 0 Å². The average molecular weight is 351 g/mol. The molecule has 4 rings (SSSR count). The van der Waals surface area contributed by atoms with Gasteiger partial charge >= 0.3 is 0 Å². The van der Waals surface area contributed by atoms with E-state index in [1.807, 2.05) is 0 Å². The fraction of sp³-hybridized carbons (Fsp3) is 0.185. The first kappa shape index (κ1) is 17.5. The highest BCUT2D eigenvalue weighted by atomic mass is 14.3. The minimum atomic E-state index is 0.346. The zero-order valence-electron chi connectivity index (χ0n) is 16.1. The fourth-order valence-electron chi connectivity index (χ4n) is 4.20. The van der Waals surface area contributed by atoms with Gasteiger partial charge in [-0.3, -0.25) is 0 Å². The summed E-state index contributed by atoms with van der Waals surface area (Å²) in [7, 11) is 0. The Bertz CT molecular complexity index is 930. The van der Waals surface area contributed by atoms with Gasteiger partial charge in [0.05, 0.1) is 0 Å². The van der Waals surface area contributed by atoms with Crippen LogP contribution in [-0.4, -0.2) is 0 Å². The highest BCUT2D eigenvalue weighted by Crippen LogP contribution is 2.40. The quantitative estimate of drug-likeness (QED) is 0.475. The number of aryl methyl sites for hydroxylation is 2. The minimum Gasteiger partial charge on any atom is -0.0764 e. The van der Waals surface area contributed by atoms with Crippen LogP contribution in [0.3, 0.4) is 0 Å². The van der Waals surface area contributed by atoms with Crippen molar-refractivity contribution in [1.29, 1.82) is 0 Å². The van der Waals surface area contributed by atoms with E-state index in [4.69, 9.17) is 0 Å². The predicted molar refractivity (Wildman–Crippen MR) is 115 cm³/mol. The molecule has 0 bridgehead atoms. The maximum atomic E-state index is 2.38. The Morgan fingerprint density at radius 3 is 1.96 bits per heavy atom. The van der Waals surface area contributed by atoms with E-state index in [-0.39, 0.29) is 0 Å². The molecule has 0 aromatic heterocycles. The van der Waals surface area contributed by atoms with E-state index in [9.17, 15) is 0 Å². The summed E-state index contributed by atoms with van der Waals surface area (Å²) in [5, 5.41) is 0. The van der Waals surface area contributed by atoms with Crippen LogP contribution in [0.4, 0.5) is 0 Å². The molecule has 0 fully saturated rings. The molecule has 1 unspecified atom stereocenters. The van der Waals surface area contributed by atoms with Crippen LogP contribution in [0.2, 0.25) is 0 Å². The first-order chi connectivity index (χ1) is 13.2. The lowest BCUT2D eigenvalue weighted by Gasteiger charge is -2.27. The van der Waals surface area contributed by atoms with Crippen LogP contribution in [0.25, 0.3) is 0 Å². The van der Waals surface area contributed by atoms with E-state index in [1.54, 1.807) is 0 Å². The lowest BCUT2D eigenvalue weighted by atomic mass is 9.76. The summed E-state index contributed by atoms with van der Waals surface area (Å²) in [6.07, 6.45) is 7.94. The van der Waals surface area contributed by atoms with Crippen LogP contribution < -0.4 is 0 Å². The molecule has 0 aliphatic heterocycles. The smallest absolute Gasteiger partial charge is 0.0190 e. The Balaban J connectivity index is 1.74. The molecule has 0 heteroatoms. The molecule has 3 aromatic rings. The van der Waals surface area contributed by atoms with Crippen molar-refractivity contribution >= 4 is 0 Å². The molecule has 0 nitrogen and oxygen atoms in total. The zero-order valence-corrected chi connectivity index (χ0v) is 16.1. The van der Waals surface area contributed by atoms with Gasteiger partial charge in [-0.1, -0.05) is 114 Å². The molecule has 0 heterocycles. The molecule has 0 saturated heterocycles. The Morgan fingerprint density at radius 2 is 1.37 bits per heavy atom. The van der Waals surface area contributed by atoms with Gasteiger partial charge in [0.25, 0.3) is 0 Å². The van der Waals surface area contributed by atoms with E-state index >= 15 is 0 Å². The molecule has 134 valence electrons.